The average molecular weight is 245 g/mol. The first-order valence-electron chi connectivity index (χ1n) is 5.46. The van der Waals surface area contributed by atoms with Crippen molar-refractivity contribution in [1.82, 2.24) is 0 Å². The van der Waals surface area contributed by atoms with E-state index in [1.54, 1.807) is 12.1 Å². The van der Waals surface area contributed by atoms with E-state index in [1.165, 1.54) is 0 Å². The van der Waals surface area contributed by atoms with Gasteiger partial charge in [0.05, 0.1) is 0 Å². The number of hydrogen-bond donors (Lipinski definition) is 0. The Balaban J connectivity index is 2.48. The van der Waals surface area contributed by atoms with Crippen LogP contribution in [0.4, 0.5) is 0 Å². The van der Waals surface area contributed by atoms with Crippen molar-refractivity contribution in [3.63, 3.8) is 0 Å². The Hall–Kier alpha value is -1.60. The summed E-state index contributed by atoms with van der Waals surface area (Å²) in [5.41, 5.74) is 3.36. The summed E-state index contributed by atoms with van der Waals surface area (Å²) in [4.78, 5) is 12.4. The molecule has 0 unspecified atom stereocenters. The molecule has 2 aromatic rings. The summed E-state index contributed by atoms with van der Waals surface area (Å²) < 4.78 is 0. The molecule has 0 saturated heterocycles. The molecule has 0 heterocycles. The Morgan fingerprint density at radius 2 is 1.59 bits per heavy atom. The summed E-state index contributed by atoms with van der Waals surface area (Å²) >= 11 is 5.89. The van der Waals surface area contributed by atoms with Crippen LogP contribution in [0.2, 0.25) is 5.02 Å². The Bertz CT molecular complexity index is 573. The van der Waals surface area contributed by atoms with E-state index in [-0.39, 0.29) is 5.78 Å². The van der Waals surface area contributed by atoms with Gasteiger partial charge in [-0.2, -0.15) is 0 Å². The highest BCUT2D eigenvalue weighted by molar-refractivity contribution is 6.30. The lowest BCUT2D eigenvalue weighted by Crippen LogP contribution is -2.05. The fraction of sp³-hybridized carbons (Fsp3) is 0.133. The van der Waals surface area contributed by atoms with Gasteiger partial charge in [0.15, 0.2) is 5.78 Å². The van der Waals surface area contributed by atoms with Crippen molar-refractivity contribution in [2.75, 3.05) is 0 Å². The molecule has 0 aliphatic carbocycles. The predicted octanol–water partition coefficient (Wildman–Crippen LogP) is 4.19. The van der Waals surface area contributed by atoms with Crippen molar-refractivity contribution in [3.05, 3.63) is 69.7 Å². The molecule has 0 fully saturated rings. The van der Waals surface area contributed by atoms with Crippen LogP contribution in [0.5, 0.6) is 0 Å². The van der Waals surface area contributed by atoms with Crippen LogP contribution >= 0.6 is 11.6 Å². The van der Waals surface area contributed by atoms with Crippen LogP contribution in [0.15, 0.2) is 42.5 Å². The van der Waals surface area contributed by atoms with Gasteiger partial charge in [0.25, 0.3) is 0 Å². The molecule has 0 amide bonds. The number of benzene rings is 2. The molecular formula is C15H13ClO. The molecule has 0 aliphatic heterocycles. The highest BCUT2D eigenvalue weighted by Crippen LogP contribution is 2.20. The maximum atomic E-state index is 12.4. The second-order valence-electron chi connectivity index (χ2n) is 4.10. The third-order valence-corrected chi connectivity index (χ3v) is 3.06. The minimum absolute atomic E-state index is 0.0530. The third kappa shape index (κ3) is 2.40. The molecule has 2 rings (SSSR count). The quantitative estimate of drug-likeness (QED) is 0.724. The third-order valence-electron chi connectivity index (χ3n) is 2.82. The second kappa shape index (κ2) is 4.72. The molecule has 0 spiro atoms. The molecule has 2 aromatic carbocycles. The largest absolute Gasteiger partial charge is 0.289 e. The molecule has 0 aromatic heterocycles. The van der Waals surface area contributed by atoms with Gasteiger partial charge in [-0.25, -0.2) is 0 Å². The van der Waals surface area contributed by atoms with Gasteiger partial charge in [-0.1, -0.05) is 35.9 Å². The zero-order valence-corrected chi connectivity index (χ0v) is 10.6. The number of halogens is 1. The van der Waals surface area contributed by atoms with E-state index in [0.717, 1.165) is 16.7 Å². The molecule has 0 atom stereocenters. The van der Waals surface area contributed by atoms with Crippen LogP contribution in [0.25, 0.3) is 0 Å². The lowest BCUT2D eigenvalue weighted by atomic mass is 9.96. The van der Waals surface area contributed by atoms with E-state index in [4.69, 9.17) is 11.6 Å². The van der Waals surface area contributed by atoms with E-state index >= 15 is 0 Å². The fourth-order valence-corrected chi connectivity index (χ4v) is 2.08. The van der Waals surface area contributed by atoms with Gasteiger partial charge in [0.2, 0.25) is 0 Å². The number of carbonyl (C=O) groups is 1. The summed E-state index contributed by atoms with van der Waals surface area (Å²) in [5, 5.41) is 0.656. The Morgan fingerprint density at radius 3 is 2.24 bits per heavy atom. The molecule has 17 heavy (non-hydrogen) atoms. The highest BCUT2D eigenvalue weighted by atomic mass is 35.5. The van der Waals surface area contributed by atoms with Gasteiger partial charge < -0.3 is 0 Å². The number of hydrogen-bond acceptors (Lipinski definition) is 1. The molecule has 86 valence electrons. The van der Waals surface area contributed by atoms with Crippen LogP contribution in [0, 0.1) is 13.8 Å². The summed E-state index contributed by atoms with van der Waals surface area (Å²) in [6.45, 7) is 3.84. The maximum Gasteiger partial charge on any atom is 0.193 e. The van der Waals surface area contributed by atoms with Gasteiger partial charge in [-0.15, -0.1) is 0 Å². The minimum atomic E-state index is 0.0530. The van der Waals surface area contributed by atoms with Gasteiger partial charge in [0, 0.05) is 16.1 Å². The van der Waals surface area contributed by atoms with E-state index in [9.17, 15) is 4.79 Å². The first-order chi connectivity index (χ1) is 8.09. The molecule has 0 aliphatic rings. The van der Waals surface area contributed by atoms with Crippen LogP contribution in [0.3, 0.4) is 0 Å². The molecule has 1 nitrogen and oxygen atoms in total. The Labute approximate surface area is 106 Å². The standard InChI is InChI=1S/C15H13ClO/c1-10-5-3-4-6-13(10)15(17)14-8-7-12(16)9-11(14)2/h3-9H,1-2H3. The second-order valence-corrected chi connectivity index (χ2v) is 4.54. The van der Waals surface area contributed by atoms with Gasteiger partial charge in [0.1, 0.15) is 0 Å². The summed E-state index contributed by atoms with van der Waals surface area (Å²) in [5.74, 6) is 0.0530. The zero-order valence-electron chi connectivity index (χ0n) is 9.83. The van der Waals surface area contributed by atoms with E-state index in [2.05, 4.69) is 0 Å². The molecule has 0 radical (unpaired) electrons. The summed E-state index contributed by atoms with van der Waals surface area (Å²) in [7, 11) is 0. The minimum Gasteiger partial charge on any atom is -0.289 e. The normalized spacial score (nSPS) is 10.3. The van der Waals surface area contributed by atoms with Crippen molar-refractivity contribution in [2.24, 2.45) is 0 Å². The number of rotatable bonds is 2. The number of aryl methyl sites for hydroxylation is 2. The molecule has 2 heteroatoms. The molecule has 0 bridgehead atoms. The lowest BCUT2D eigenvalue weighted by molar-refractivity contribution is 0.103. The van der Waals surface area contributed by atoms with Gasteiger partial charge in [-0.05, 0) is 43.2 Å². The zero-order chi connectivity index (χ0) is 12.4. The van der Waals surface area contributed by atoms with Crippen LogP contribution in [-0.4, -0.2) is 5.78 Å². The van der Waals surface area contributed by atoms with Gasteiger partial charge >= 0.3 is 0 Å². The van der Waals surface area contributed by atoms with E-state index in [1.807, 2.05) is 44.2 Å². The lowest BCUT2D eigenvalue weighted by Gasteiger charge is -2.07. The molecule has 0 N–H and O–H groups in total. The van der Waals surface area contributed by atoms with Crippen molar-refractivity contribution < 1.29 is 4.79 Å². The van der Waals surface area contributed by atoms with E-state index in [0.29, 0.717) is 10.6 Å². The Kier molecular flexibility index (Phi) is 3.30. The van der Waals surface area contributed by atoms with E-state index < -0.39 is 0 Å². The van der Waals surface area contributed by atoms with Crippen LogP contribution in [-0.2, 0) is 0 Å². The average Bonchev–Trinajstić information content (AvgIpc) is 2.29. The van der Waals surface area contributed by atoms with Crippen molar-refractivity contribution in [3.8, 4) is 0 Å². The first kappa shape index (κ1) is 11.9. The number of carbonyl (C=O) groups excluding carboxylic acids is 1. The Morgan fingerprint density at radius 1 is 0.941 bits per heavy atom. The first-order valence-corrected chi connectivity index (χ1v) is 5.84. The molecule has 0 saturated carbocycles. The van der Waals surface area contributed by atoms with Crippen LogP contribution < -0.4 is 0 Å². The topological polar surface area (TPSA) is 17.1 Å². The van der Waals surface area contributed by atoms with Crippen molar-refractivity contribution >= 4 is 17.4 Å². The van der Waals surface area contributed by atoms with Crippen LogP contribution in [0.1, 0.15) is 27.0 Å². The highest BCUT2D eigenvalue weighted by Gasteiger charge is 2.13. The van der Waals surface area contributed by atoms with Crippen molar-refractivity contribution in [1.29, 1.82) is 0 Å². The predicted molar refractivity (Wildman–Crippen MR) is 70.8 cm³/mol. The maximum absolute atomic E-state index is 12.4. The number of ketones is 1. The smallest absolute Gasteiger partial charge is 0.193 e. The SMILES string of the molecule is Cc1ccccc1C(=O)c1ccc(Cl)cc1C. The molecular weight excluding hydrogens is 232 g/mol. The summed E-state index contributed by atoms with van der Waals surface area (Å²) in [6, 6.07) is 13.0. The monoisotopic (exact) mass is 244 g/mol. The fourth-order valence-electron chi connectivity index (χ4n) is 1.85. The van der Waals surface area contributed by atoms with Gasteiger partial charge in [-0.3, -0.25) is 4.79 Å². The summed E-state index contributed by atoms with van der Waals surface area (Å²) in [6.07, 6.45) is 0. The van der Waals surface area contributed by atoms with Crippen molar-refractivity contribution in [2.45, 2.75) is 13.8 Å².